The summed E-state index contributed by atoms with van der Waals surface area (Å²) in [6, 6.07) is 4.35. The van der Waals surface area contributed by atoms with Gasteiger partial charge in [0.1, 0.15) is 30.0 Å². The molecule has 154 valence electrons. The van der Waals surface area contributed by atoms with Gasteiger partial charge in [0.25, 0.3) is 5.91 Å². The summed E-state index contributed by atoms with van der Waals surface area (Å²) in [4.78, 5) is 52.6. The second-order valence-electron chi connectivity index (χ2n) is 7.96. The van der Waals surface area contributed by atoms with Gasteiger partial charge in [-0.05, 0) is 25.0 Å². The fourth-order valence-electron chi connectivity index (χ4n) is 4.25. The molecule has 29 heavy (non-hydrogen) atoms. The molecule has 4 rings (SSSR count). The van der Waals surface area contributed by atoms with Gasteiger partial charge in [-0.3, -0.25) is 14.4 Å². The van der Waals surface area contributed by atoms with Gasteiger partial charge in [0.15, 0.2) is 0 Å². The normalized spacial score (nSPS) is 30.7. The predicted octanol–water partition coefficient (Wildman–Crippen LogP) is -0.340. The lowest BCUT2D eigenvalue weighted by molar-refractivity contribution is -0.171. The summed E-state index contributed by atoms with van der Waals surface area (Å²) >= 11 is 1.35. The van der Waals surface area contributed by atoms with Crippen LogP contribution in [-0.4, -0.2) is 67.3 Å². The van der Waals surface area contributed by atoms with Crippen molar-refractivity contribution in [2.24, 2.45) is 5.73 Å². The highest BCUT2D eigenvalue weighted by Crippen LogP contribution is 2.52. The largest absolute Gasteiger partial charge is 0.480 e. The van der Waals surface area contributed by atoms with Crippen LogP contribution in [-0.2, 0) is 25.7 Å². The topological polar surface area (TPSA) is 133 Å². The molecule has 0 aromatic heterocycles. The summed E-state index contributed by atoms with van der Waals surface area (Å²) in [5.41, 5.74) is 7.11. The first kappa shape index (κ1) is 19.7. The van der Waals surface area contributed by atoms with Crippen LogP contribution in [0.25, 0.3) is 0 Å². The van der Waals surface area contributed by atoms with Crippen LogP contribution in [0.2, 0.25) is 0 Å². The van der Waals surface area contributed by atoms with E-state index in [2.05, 4.69) is 5.32 Å². The van der Waals surface area contributed by atoms with E-state index in [1.807, 2.05) is 0 Å². The average Bonchev–Trinajstić information content (AvgIpc) is 2.92. The molecule has 0 saturated carbocycles. The maximum atomic E-state index is 13.2. The van der Waals surface area contributed by atoms with Crippen molar-refractivity contribution in [1.29, 1.82) is 0 Å². The Morgan fingerprint density at radius 2 is 1.90 bits per heavy atom. The molecule has 1 aromatic rings. The van der Waals surface area contributed by atoms with E-state index in [1.54, 1.807) is 38.1 Å². The minimum absolute atomic E-state index is 0.226. The first-order valence-corrected chi connectivity index (χ1v) is 10.1. The first-order chi connectivity index (χ1) is 13.7. The van der Waals surface area contributed by atoms with E-state index in [-0.39, 0.29) is 18.4 Å². The Balaban J connectivity index is 1.60. The van der Waals surface area contributed by atoms with Crippen LogP contribution >= 0.6 is 11.8 Å². The first-order valence-electron chi connectivity index (χ1n) is 9.27. The lowest BCUT2D eigenvalue weighted by Crippen LogP contribution is -2.73. The Morgan fingerprint density at radius 1 is 1.24 bits per heavy atom. The molecule has 3 aliphatic rings. The molecule has 4 N–H and O–H groups in total. The second kappa shape index (κ2) is 6.74. The summed E-state index contributed by atoms with van der Waals surface area (Å²) in [5, 5.41) is 11.8. The lowest BCUT2D eigenvalue weighted by atomic mass is 9.93. The van der Waals surface area contributed by atoms with Crippen LogP contribution in [0.15, 0.2) is 24.3 Å². The van der Waals surface area contributed by atoms with Crippen molar-refractivity contribution < 1.29 is 24.3 Å². The summed E-state index contributed by atoms with van der Waals surface area (Å²) in [7, 11) is 0. The molecule has 0 aliphatic carbocycles. The quantitative estimate of drug-likeness (QED) is 0.570. The maximum Gasteiger partial charge on any atom is 0.327 e. The number of carbonyl (C=O) groups is 4. The molecular formula is C19H22N4O5S. The number of carbonyl (C=O) groups excluding carboxylic acids is 3. The third kappa shape index (κ3) is 2.98. The maximum absolute atomic E-state index is 13.2. The van der Waals surface area contributed by atoms with Gasteiger partial charge in [-0.15, -0.1) is 11.8 Å². The van der Waals surface area contributed by atoms with Crippen LogP contribution < -0.4 is 11.1 Å². The molecular weight excluding hydrogens is 396 g/mol. The van der Waals surface area contributed by atoms with E-state index in [4.69, 9.17) is 5.73 Å². The van der Waals surface area contributed by atoms with Crippen LogP contribution in [0.5, 0.6) is 0 Å². The molecule has 3 saturated heterocycles. The van der Waals surface area contributed by atoms with E-state index in [0.717, 1.165) is 5.56 Å². The van der Waals surface area contributed by atoms with Gasteiger partial charge in [0.2, 0.25) is 11.8 Å². The van der Waals surface area contributed by atoms with E-state index in [9.17, 15) is 24.3 Å². The predicted molar refractivity (Wildman–Crippen MR) is 104 cm³/mol. The van der Waals surface area contributed by atoms with Gasteiger partial charge < -0.3 is 26.0 Å². The summed E-state index contributed by atoms with van der Waals surface area (Å²) in [6.45, 7) is 3.68. The third-order valence-electron chi connectivity index (χ3n) is 5.68. The molecule has 3 aliphatic heterocycles. The summed E-state index contributed by atoms with van der Waals surface area (Å²) in [5.74, 6) is -2.24. The number of benzene rings is 1. The Morgan fingerprint density at radius 3 is 2.48 bits per heavy atom. The van der Waals surface area contributed by atoms with Crippen LogP contribution in [0.1, 0.15) is 31.0 Å². The second-order valence-corrected chi connectivity index (χ2v) is 9.73. The molecule has 10 heteroatoms. The smallest absolute Gasteiger partial charge is 0.327 e. The molecule has 0 bridgehead atoms. The summed E-state index contributed by atoms with van der Waals surface area (Å²) < 4.78 is -0.695. The number of fused-ring (bicyclic) bond motifs is 1. The number of nitrogens with two attached hydrogens (primary N) is 1. The van der Waals surface area contributed by atoms with Crippen molar-refractivity contribution in [2.45, 2.75) is 48.6 Å². The van der Waals surface area contributed by atoms with E-state index in [0.29, 0.717) is 12.1 Å². The van der Waals surface area contributed by atoms with Gasteiger partial charge in [-0.2, -0.15) is 0 Å². The number of hydrogen-bond acceptors (Lipinski definition) is 6. The number of aliphatic carboxylic acids is 1. The molecule has 3 fully saturated rings. The number of nitrogens with zero attached hydrogens (tertiary/aromatic N) is 2. The lowest BCUT2D eigenvalue weighted by Gasteiger charge is -2.49. The standard InChI is InChI=1S/C19H22N4O5S/c1-19(2)14(18(27)28)23-16(26)13(17(23)29-19)22-8-11(24)21-12(15(22)25)10-5-3-9(7-20)4-6-10/h3-6,12-14,17H,7-8,20H2,1-2H3,(H,21,24)(H,27,28)/t12?,13-,14+,17-/m1/s1. The van der Waals surface area contributed by atoms with Gasteiger partial charge in [0.05, 0.1) is 0 Å². The van der Waals surface area contributed by atoms with Crippen molar-refractivity contribution >= 4 is 35.5 Å². The molecule has 1 aromatic carbocycles. The molecule has 4 atom stereocenters. The van der Waals surface area contributed by atoms with Crippen molar-refractivity contribution in [1.82, 2.24) is 15.1 Å². The zero-order valence-electron chi connectivity index (χ0n) is 16.0. The van der Waals surface area contributed by atoms with E-state index in [1.165, 1.54) is 21.6 Å². The number of carboxylic acid groups (broad SMARTS) is 1. The Hall–Kier alpha value is -2.59. The number of β-lactam (4-membered cyclic amide) rings is 1. The number of nitrogens with one attached hydrogen (secondary N) is 1. The number of hydrogen-bond donors (Lipinski definition) is 3. The van der Waals surface area contributed by atoms with Crippen molar-refractivity contribution in [2.75, 3.05) is 6.54 Å². The fraction of sp³-hybridized carbons (Fsp3) is 0.474. The van der Waals surface area contributed by atoms with E-state index >= 15 is 0 Å². The number of amides is 3. The minimum atomic E-state index is -1.07. The third-order valence-corrected chi connectivity index (χ3v) is 7.24. The Bertz CT molecular complexity index is 902. The molecule has 1 unspecified atom stereocenters. The van der Waals surface area contributed by atoms with Gasteiger partial charge in [0, 0.05) is 11.3 Å². The number of carboxylic acids is 1. The van der Waals surface area contributed by atoms with Gasteiger partial charge in [-0.25, -0.2) is 4.79 Å². The molecule has 0 radical (unpaired) electrons. The molecule has 3 amide bonds. The number of thioether (sulfide) groups is 1. The van der Waals surface area contributed by atoms with Gasteiger partial charge in [-0.1, -0.05) is 24.3 Å². The average molecular weight is 418 g/mol. The highest BCUT2D eigenvalue weighted by molar-refractivity contribution is 8.01. The minimum Gasteiger partial charge on any atom is -0.480 e. The Labute approximate surface area is 171 Å². The van der Waals surface area contributed by atoms with Crippen molar-refractivity contribution in [3.8, 4) is 0 Å². The van der Waals surface area contributed by atoms with E-state index < -0.39 is 40.1 Å². The van der Waals surface area contributed by atoms with Gasteiger partial charge >= 0.3 is 5.97 Å². The highest BCUT2D eigenvalue weighted by atomic mass is 32.2. The zero-order valence-corrected chi connectivity index (χ0v) is 16.8. The zero-order chi connectivity index (χ0) is 21.1. The fourth-order valence-corrected chi connectivity index (χ4v) is 5.95. The Kier molecular flexibility index (Phi) is 4.58. The number of rotatable bonds is 4. The van der Waals surface area contributed by atoms with Crippen LogP contribution in [0.4, 0.5) is 0 Å². The number of piperazine rings is 1. The molecule has 0 spiro atoms. The molecule has 3 heterocycles. The summed E-state index contributed by atoms with van der Waals surface area (Å²) in [6.07, 6.45) is 0. The SMILES string of the molecule is CC1(C)S[C@@H]2[C@H](N3CC(=O)NC(c4ccc(CN)cc4)C3=O)C(=O)N2[C@H]1C(=O)O. The van der Waals surface area contributed by atoms with Crippen LogP contribution in [0.3, 0.4) is 0 Å². The van der Waals surface area contributed by atoms with Crippen molar-refractivity contribution in [3.05, 3.63) is 35.4 Å². The highest BCUT2D eigenvalue weighted by Gasteiger charge is 2.66. The van der Waals surface area contributed by atoms with Crippen LogP contribution in [0, 0.1) is 0 Å². The van der Waals surface area contributed by atoms with Crippen molar-refractivity contribution in [3.63, 3.8) is 0 Å². The monoisotopic (exact) mass is 418 g/mol. The molecule has 9 nitrogen and oxygen atoms in total.